The lowest BCUT2D eigenvalue weighted by Crippen LogP contribution is -2.15. The molecule has 2 aromatic carbocycles. The van der Waals surface area contributed by atoms with E-state index in [2.05, 4.69) is 10.2 Å². The van der Waals surface area contributed by atoms with Gasteiger partial charge >= 0.3 is 6.18 Å². The van der Waals surface area contributed by atoms with E-state index in [0.717, 1.165) is 12.0 Å². The van der Waals surface area contributed by atoms with Gasteiger partial charge in [-0.25, -0.2) is 0 Å². The standard InChI is InChI=1S/C20H20F3N3/c1-13-18(19(26-25-13)20(21,22)23)16-9-7-15(8-10-16)17(12-24)11-14-5-3-2-4-6-14/h2-10,17H,11-12,24H2,1H3,(H,25,26). The minimum absolute atomic E-state index is 0.0939. The molecule has 0 saturated heterocycles. The Balaban J connectivity index is 1.88. The maximum absolute atomic E-state index is 13.2. The normalized spacial score (nSPS) is 13.0. The predicted octanol–water partition coefficient (Wildman–Crippen LogP) is 4.69. The molecule has 0 aliphatic heterocycles. The van der Waals surface area contributed by atoms with Gasteiger partial charge in [0.05, 0.1) is 0 Å². The van der Waals surface area contributed by atoms with Crippen LogP contribution in [0.5, 0.6) is 0 Å². The zero-order valence-corrected chi connectivity index (χ0v) is 14.3. The molecule has 26 heavy (non-hydrogen) atoms. The summed E-state index contributed by atoms with van der Waals surface area (Å²) in [6.07, 6.45) is -3.71. The second kappa shape index (κ2) is 7.33. The van der Waals surface area contributed by atoms with Crippen LogP contribution in [0.3, 0.4) is 0 Å². The highest BCUT2D eigenvalue weighted by atomic mass is 19.4. The van der Waals surface area contributed by atoms with Gasteiger partial charge in [-0.05, 0) is 36.6 Å². The molecule has 3 aromatic rings. The highest BCUT2D eigenvalue weighted by Gasteiger charge is 2.37. The molecule has 0 aliphatic carbocycles. The first-order valence-corrected chi connectivity index (χ1v) is 8.36. The molecule has 136 valence electrons. The number of aryl methyl sites for hydroxylation is 1. The molecular formula is C20H20F3N3. The molecule has 1 unspecified atom stereocenters. The van der Waals surface area contributed by atoms with Gasteiger partial charge in [0.2, 0.25) is 0 Å². The van der Waals surface area contributed by atoms with Crippen LogP contribution in [0.25, 0.3) is 11.1 Å². The van der Waals surface area contributed by atoms with E-state index in [-0.39, 0.29) is 11.5 Å². The Morgan fingerprint density at radius 1 is 1.04 bits per heavy atom. The average Bonchev–Trinajstić information content (AvgIpc) is 3.03. The Bertz CT molecular complexity index is 852. The van der Waals surface area contributed by atoms with E-state index in [1.54, 1.807) is 19.1 Å². The molecule has 0 spiro atoms. The van der Waals surface area contributed by atoms with Crippen molar-refractivity contribution >= 4 is 0 Å². The fourth-order valence-corrected chi connectivity index (χ4v) is 3.15. The van der Waals surface area contributed by atoms with Crippen LogP contribution in [0.1, 0.15) is 28.4 Å². The third-order valence-electron chi connectivity index (χ3n) is 4.50. The first-order valence-electron chi connectivity index (χ1n) is 8.36. The molecule has 0 bridgehead atoms. The summed E-state index contributed by atoms with van der Waals surface area (Å²) < 4.78 is 39.5. The van der Waals surface area contributed by atoms with Crippen molar-refractivity contribution in [2.75, 3.05) is 6.54 Å². The summed E-state index contributed by atoms with van der Waals surface area (Å²) in [4.78, 5) is 0. The number of nitrogens with zero attached hydrogens (tertiary/aromatic N) is 1. The fraction of sp³-hybridized carbons (Fsp3) is 0.250. The number of rotatable bonds is 5. The van der Waals surface area contributed by atoms with Crippen LogP contribution in [0.4, 0.5) is 13.2 Å². The molecule has 0 aliphatic rings. The van der Waals surface area contributed by atoms with E-state index in [4.69, 9.17) is 5.73 Å². The highest BCUT2D eigenvalue weighted by molar-refractivity contribution is 5.69. The molecule has 0 radical (unpaired) electrons. The quantitative estimate of drug-likeness (QED) is 0.694. The van der Waals surface area contributed by atoms with Crippen molar-refractivity contribution in [2.24, 2.45) is 5.73 Å². The molecule has 3 N–H and O–H groups in total. The van der Waals surface area contributed by atoms with Crippen molar-refractivity contribution < 1.29 is 13.2 Å². The first-order chi connectivity index (χ1) is 12.4. The minimum Gasteiger partial charge on any atom is -0.330 e. The Labute approximate surface area is 150 Å². The monoisotopic (exact) mass is 359 g/mol. The smallest absolute Gasteiger partial charge is 0.330 e. The number of alkyl halides is 3. The van der Waals surface area contributed by atoms with Gasteiger partial charge in [0, 0.05) is 17.2 Å². The van der Waals surface area contributed by atoms with Crippen LogP contribution < -0.4 is 5.73 Å². The predicted molar refractivity (Wildman–Crippen MR) is 95.7 cm³/mol. The van der Waals surface area contributed by atoms with Gasteiger partial charge in [-0.2, -0.15) is 18.3 Å². The number of hydrogen-bond donors (Lipinski definition) is 2. The topological polar surface area (TPSA) is 54.7 Å². The maximum Gasteiger partial charge on any atom is 0.435 e. The van der Waals surface area contributed by atoms with Crippen molar-refractivity contribution in [1.29, 1.82) is 0 Å². The number of H-pyrrole nitrogens is 1. The summed E-state index contributed by atoms with van der Waals surface area (Å²) in [6.45, 7) is 2.05. The zero-order chi connectivity index (χ0) is 18.7. The van der Waals surface area contributed by atoms with E-state index in [1.165, 1.54) is 5.56 Å². The van der Waals surface area contributed by atoms with E-state index in [0.29, 0.717) is 17.8 Å². The zero-order valence-electron chi connectivity index (χ0n) is 14.3. The summed E-state index contributed by atoms with van der Waals surface area (Å²) in [5.41, 5.74) is 8.20. The number of nitrogens with two attached hydrogens (primary N) is 1. The molecule has 0 saturated carbocycles. The number of hydrogen-bond acceptors (Lipinski definition) is 2. The maximum atomic E-state index is 13.2. The van der Waals surface area contributed by atoms with E-state index in [1.807, 2.05) is 42.5 Å². The van der Waals surface area contributed by atoms with Gasteiger partial charge < -0.3 is 5.73 Å². The molecule has 1 atom stereocenters. The summed E-state index contributed by atoms with van der Waals surface area (Å²) in [5, 5.41) is 5.86. The van der Waals surface area contributed by atoms with Gasteiger partial charge in [-0.15, -0.1) is 0 Å². The number of nitrogens with one attached hydrogen (secondary N) is 1. The Kier molecular flexibility index (Phi) is 5.13. The Hall–Kier alpha value is -2.60. The lowest BCUT2D eigenvalue weighted by Gasteiger charge is -2.16. The van der Waals surface area contributed by atoms with Gasteiger partial charge in [0.25, 0.3) is 0 Å². The minimum atomic E-state index is -4.49. The molecule has 1 aromatic heterocycles. The van der Waals surface area contributed by atoms with Crippen molar-refractivity contribution in [2.45, 2.75) is 25.4 Å². The molecule has 3 nitrogen and oxygen atoms in total. The third kappa shape index (κ3) is 3.80. The molecule has 3 rings (SSSR count). The van der Waals surface area contributed by atoms with Crippen LogP contribution in [0.2, 0.25) is 0 Å². The van der Waals surface area contributed by atoms with Crippen LogP contribution in [-0.4, -0.2) is 16.7 Å². The Morgan fingerprint density at radius 3 is 2.27 bits per heavy atom. The molecule has 0 fully saturated rings. The third-order valence-corrected chi connectivity index (χ3v) is 4.50. The van der Waals surface area contributed by atoms with Crippen molar-refractivity contribution in [3.63, 3.8) is 0 Å². The lowest BCUT2D eigenvalue weighted by molar-refractivity contribution is -0.140. The van der Waals surface area contributed by atoms with Crippen LogP contribution >= 0.6 is 0 Å². The van der Waals surface area contributed by atoms with Gasteiger partial charge in [0.1, 0.15) is 0 Å². The van der Waals surface area contributed by atoms with E-state index >= 15 is 0 Å². The lowest BCUT2D eigenvalue weighted by atomic mass is 9.90. The number of aromatic nitrogens is 2. The second-order valence-electron chi connectivity index (χ2n) is 6.31. The number of aromatic amines is 1. The van der Waals surface area contributed by atoms with E-state index < -0.39 is 11.9 Å². The summed E-state index contributed by atoms with van der Waals surface area (Å²) in [5.74, 6) is 0.110. The van der Waals surface area contributed by atoms with Crippen LogP contribution in [0, 0.1) is 6.92 Å². The van der Waals surface area contributed by atoms with E-state index in [9.17, 15) is 13.2 Å². The van der Waals surface area contributed by atoms with Crippen LogP contribution in [-0.2, 0) is 12.6 Å². The molecular weight excluding hydrogens is 339 g/mol. The largest absolute Gasteiger partial charge is 0.435 e. The number of benzene rings is 2. The second-order valence-corrected chi connectivity index (χ2v) is 6.31. The summed E-state index contributed by atoms with van der Waals surface area (Å²) in [6, 6.07) is 17.1. The van der Waals surface area contributed by atoms with Gasteiger partial charge in [-0.1, -0.05) is 54.6 Å². The molecule has 6 heteroatoms. The molecule has 1 heterocycles. The highest BCUT2D eigenvalue weighted by Crippen LogP contribution is 2.37. The van der Waals surface area contributed by atoms with Crippen molar-refractivity contribution in [3.05, 3.63) is 77.1 Å². The summed E-state index contributed by atoms with van der Waals surface area (Å²) in [7, 11) is 0. The molecule has 0 amide bonds. The van der Waals surface area contributed by atoms with Crippen LogP contribution in [0.15, 0.2) is 54.6 Å². The summed E-state index contributed by atoms with van der Waals surface area (Å²) >= 11 is 0. The fourth-order valence-electron chi connectivity index (χ4n) is 3.15. The van der Waals surface area contributed by atoms with Crippen molar-refractivity contribution in [1.82, 2.24) is 10.2 Å². The van der Waals surface area contributed by atoms with Gasteiger partial charge in [-0.3, -0.25) is 5.10 Å². The SMILES string of the molecule is Cc1[nH]nc(C(F)(F)F)c1-c1ccc(C(CN)Cc2ccccc2)cc1. The first kappa shape index (κ1) is 18.2. The average molecular weight is 359 g/mol. The number of halogens is 3. The Morgan fingerprint density at radius 2 is 1.69 bits per heavy atom. The van der Waals surface area contributed by atoms with Crippen molar-refractivity contribution in [3.8, 4) is 11.1 Å². The van der Waals surface area contributed by atoms with Gasteiger partial charge in [0.15, 0.2) is 5.69 Å².